The lowest BCUT2D eigenvalue weighted by Gasteiger charge is -2.10. The number of amides is 1. The van der Waals surface area contributed by atoms with E-state index in [1.165, 1.54) is 5.56 Å². The van der Waals surface area contributed by atoms with Gasteiger partial charge in [0.1, 0.15) is 0 Å². The molecule has 0 aliphatic heterocycles. The minimum absolute atomic E-state index is 0.157. The van der Waals surface area contributed by atoms with Crippen LogP contribution in [0.4, 0.5) is 17.3 Å². The third kappa shape index (κ3) is 4.41. The van der Waals surface area contributed by atoms with Gasteiger partial charge < -0.3 is 10.6 Å². The molecule has 3 aromatic rings. The second kappa shape index (κ2) is 7.57. The molecule has 1 amide bonds. The van der Waals surface area contributed by atoms with Crippen LogP contribution in [0.1, 0.15) is 35.7 Å². The minimum atomic E-state index is -0.157. The molecular formula is C20H20N4O. The zero-order valence-electron chi connectivity index (χ0n) is 14.2. The molecule has 0 fully saturated rings. The first-order chi connectivity index (χ1) is 12.1. The van der Waals surface area contributed by atoms with E-state index < -0.39 is 0 Å². The van der Waals surface area contributed by atoms with Crippen LogP contribution in [0.25, 0.3) is 0 Å². The molecule has 0 unspecified atom stereocenters. The van der Waals surface area contributed by atoms with Crippen LogP contribution in [0.2, 0.25) is 0 Å². The quantitative estimate of drug-likeness (QED) is 0.717. The largest absolute Gasteiger partial charge is 0.324 e. The molecule has 0 aliphatic rings. The first kappa shape index (κ1) is 16.6. The maximum Gasteiger partial charge on any atom is 0.255 e. The Morgan fingerprint density at radius 3 is 2.32 bits per heavy atom. The van der Waals surface area contributed by atoms with Gasteiger partial charge in [-0.3, -0.25) is 4.79 Å². The monoisotopic (exact) mass is 332 g/mol. The smallest absolute Gasteiger partial charge is 0.255 e. The van der Waals surface area contributed by atoms with E-state index in [0.29, 0.717) is 17.4 Å². The van der Waals surface area contributed by atoms with Crippen molar-refractivity contribution in [3.63, 3.8) is 0 Å². The Bertz CT molecular complexity index is 845. The standard InChI is InChI=1S/C20H20N4O/c1-14(2)15-7-9-17(10-8-15)23-19(25)16-5-3-6-18(13-16)24-20-21-11-4-12-22-20/h3-14H,1-2H3,(H,23,25)(H,21,22,24). The van der Waals surface area contributed by atoms with Crippen LogP contribution in [-0.4, -0.2) is 15.9 Å². The number of anilines is 3. The highest BCUT2D eigenvalue weighted by atomic mass is 16.1. The van der Waals surface area contributed by atoms with Crippen molar-refractivity contribution >= 4 is 23.2 Å². The molecule has 0 spiro atoms. The molecule has 0 atom stereocenters. The maximum absolute atomic E-state index is 12.5. The van der Waals surface area contributed by atoms with Gasteiger partial charge in [0.05, 0.1) is 0 Å². The van der Waals surface area contributed by atoms with Gasteiger partial charge in [-0.05, 0) is 47.9 Å². The second-order valence-corrected chi connectivity index (χ2v) is 6.01. The number of hydrogen-bond acceptors (Lipinski definition) is 4. The molecule has 0 radical (unpaired) electrons. The summed E-state index contributed by atoms with van der Waals surface area (Å²) in [6.45, 7) is 4.28. The number of nitrogens with zero attached hydrogens (tertiary/aromatic N) is 2. The van der Waals surface area contributed by atoms with Gasteiger partial charge in [-0.1, -0.05) is 32.0 Å². The van der Waals surface area contributed by atoms with Gasteiger partial charge in [-0.15, -0.1) is 0 Å². The van der Waals surface area contributed by atoms with E-state index in [1.807, 2.05) is 36.4 Å². The lowest BCUT2D eigenvalue weighted by molar-refractivity contribution is 0.102. The highest BCUT2D eigenvalue weighted by molar-refractivity contribution is 6.04. The Kier molecular flexibility index (Phi) is 5.04. The number of nitrogens with one attached hydrogen (secondary N) is 2. The summed E-state index contributed by atoms with van der Waals surface area (Å²) in [4.78, 5) is 20.7. The average Bonchev–Trinajstić information content (AvgIpc) is 2.63. The molecule has 0 bridgehead atoms. The van der Waals surface area contributed by atoms with E-state index in [-0.39, 0.29) is 5.91 Å². The summed E-state index contributed by atoms with van der Waals surface area (Å²) >= 11 is 0. The summed E-state index contributed by atoms with van der Waals surface area (Å²) < 4.78 is 0. The summed E-state index contributed by atoms with van der Waals surface area (Å²) in [7, 11) is 0. The molecule has 1 heterocycles. The van der Waals surface area contributed by atoms with Gasteiger partial charge >= 0.3 is 0 Å². The molecule has 2 N–H and O–H groups in total. The van der Waals surface area contributed by atoms with Crippen molar-refractivity contribution in [2.24, 2.45) is 0 Å². The first-order valence-electron chi connectivity index (χ1n) is 8.17. The number of aromatic nitrogens is 2. The van der Waals surface area contributed by atoms with Crippen molar-refractivity contribution in [3.05, 3.63) is 78.1 Å². The van der Waals surface area contributed by atoms with Crippen molar-refractivity contribution < 1.29 is 4.79 Å². The summed E-state index contributed by atoms with van der Waals surface area (Å²) in [6, 6.07) is 16.9. The molecular weight excluding hydrogens is 312 g/mol. The Morgan fingerprint density at radius 1 is 0.920 bits per heavy atom. The molecule has 1 aromatic heterocycles. The molecule has 0 aliphatic carbocycles. The van der Waals surface area contributed by atoms with Gasteiger partial charge in [0.15, 0.2) is 0 Å². The van der Waals surface area contributed by atoms with Gasteiger partial charge in [0.2, 0.25) is 5.95 Å². The van der Waals surface area contributed by atoms with Crippen LogP contribution in [0.5, 0.6) is 0 Å². The topological polar surface area (TPSA) is 66.9 Å². The van der Waals surface area contributed by atoms with Crippen molar-refractivity contribution in [2.75, 3.05) is 10.6 Å². The Morgan fingerprint density at radius 2 is 1.64 bits per heavy atom. The highest BCUT2D eigenvalue weighted by Crippen LogP contribution is 2.19. The van der Waals surface area contributed by atoms with Crippen LogP contribution in [0, 0.1) is 0 Å². The molecule has 0 saturated heterocycles. The Balaban J connectivity index is 1.70. The SMILES string of the molecule is CC(C)c1ccc(NC(=O)c2cccc(Nc3ncccn3)c2)cc1. The van der Waals surface area contributed by atoms with Crippen LogP contribution in [0.3, 0.4) is 0 Å². The fourth-order valence-electron chi connectivity index (χ4n) is 2.39. The molecule has 2 aromatic carbocycles. The van der Waals surface area contributed by atoms with Crippen molar-refractivity contribution in [3.8, 4) is 0 Å². The molecule has 5 heteroatoms. The molecule has 0 saturated carbocycles. The number of carbonyl (C=O) groups excluding carboxylic acids is 1. The van der Waals surface area contributed by atoms with Crippen LogP contribution in [-0.2, 0) is 0 Å². The minimum Gasteiger partial charge on any atom is -0.324 e. The normalized spacial score (nSPS) is 10.5. The van der Waals surface area contributed by atoms with Crippen LogP contribution in [0.15, 0.2) is 67.0 Å². The maximum atomic E-state index is 12.5. The molecule has 126 valence electrons. The third-order valence-corrected chi connectivity index (χ3v) is 3.78. The van der Waals surface area contributed by atoms with Crippen molar-refractivity contribution in [1.29, 1.82) is 0 Å². The lowest BCUT2D eigenvalue weighted by Crippen LogP contribution is -2.12. The van der Waals surface area contributed by atoms with Crippen LogP contribution >= 0.6 is 0 Å². The average molecular weight is 332 g/mol. The van der Waals surface area contributed by atoms with Crippen LogP contribution < -0.4 is 10.6 Å². The number of rotatable bonds is 5. The molecule has 5 nitrogen and oxygen atoms in total. The molecule has 3 rings (SSSR count). The summed E-state index contributed by atoms with van der Waals surface area (Å²) in [5.41, 5.74) is 3.34. The van der Waals surface area contributed by atoms with Gasteiger partial charge in [0.25, 0.3) is 5.91 Å². The van der Waals surface area contributed by atoms with Gasteiger partial charge in [-0.2, -0.15) is 0 Å². The van der Waals surface area contributed by atoms with E-state index in [1.54, 1.807) is 30.6 Å². The van der Waals surface area contributed by atoms with E-state index >= 15 is 0 Å². The summed E-state index contributed by atoms with van der Waals surface area (Å²) in [5, 5.41) is 6.00. The number of benzene rings is 2. The predicted molar refractivity (Wildman–Crippen MR) is 100 cm³/mol. The second-order valence-electron chi connectivity index (χ2n) is 6.01. The van der Waals surface area contributed by atoms with E-state index in [2.05, 4.69) is 34.4 Å². The van der Waals surface area contributed by atoms with Crippen molar-refractivity contribution in [1.82, 2.24) is 9.97 Å². The Hall–Kier alpha value is -3.21. The van der Waals surface area contributed by atoms with E-state index in [0.717, 1.165) is 11.4 Å². The Labute approximate surface area is 147 Å². The highest BCUT2D eigenvalue weighted by Gasteiger charge is 2.08. The predicted octanol–water partition coefficient (Wildman–Crippen LogP) is 4.60. The third-order valence-electron chi connectivity index (χ3n) is 3.78. The van der Waals surface area contributed by atoms with Gasteiger partial charge in [0, 0.05) is 29.3 Å². The number of hydrogen-bond donors (Lipinski definition) is 2. The van der Waals surface area contributed by atoms with Gasteiger partial charge in [-0.25, -0.2) is 9.97 Å². The fraction of sp³-hybridized carbons (Fsp3) is 0.150. The fourth-order valence-corrected chi connectivity index (χ4v) is 2.39. The summed E-state index contributed by atoms with van der Waals surface area (Å²) in [5.74, 6) is 0.798. The zero-order valence-corrected chi connectivity index (χ0v) is 14.2. The zero-order chi connectivity index (χ0) is 17.6. The summed E-state index contributed by atoms with van der Waals surface area (Å²) in [6.07, 6.45) is 3.32. The van der Waals surface area contributed by atoms with E-state index in [4.69, 9.17) is 0 Å². The lowest BCUT2D eigenvalue weighted by atomic mass is 10.0. The van der Waals surface area contributed by atoms with Crippen molar-refractivity contribution in [2.45, 2.75) is 19.8 Å². The van der Waals surface area contributed by atoms with E-state index in [9.17, 15) is 4.79 Å². The molecule has 25 heavy (non-hydrogen) atoms. The first-order valence-corrected chi connectivity index (χ1v) is 8.17. The number of carbonyl (C=O) groups is 1.